The summed E-state index contributed by atoms with van der Waals surface area (Å²) in [5.74, 6) is 3.92. The highest BCUT2D eigenvalue weighted by Crippen LogP contribution is 2.39. The van der Waals surface area contributed by atoms with Crippen LogP contribution in [0.1, 0.15) is 141 Å². The topological polar surface area (TPSA) is 134 Å². The number of ether oxygens (including phenoxy) is 3. The zero-order chi connectivity index (χ0) is 66.7. The van der Waals surface area contributed by atoms with Gasteiger partial charge in [0, 0.05) is 60.0 Å². The van der Waals surface area contributed by atoms with Crippen LogP contribution in [0.5, 0.6) is 17.2 Å². The summed E-state index contributed by atoms with van der Waals surface area (Å²) in [7, 11) is 12.4. The van der Waals surface area contributed by atoms with Gasteiger partial charge in [-0.2, -0.15) is 0 Å². The maximum Gasteiger partial charge on any atom is 0.175 e. The molecule has 0 unspecified atom stereocenters. The summed E-state index contributed by atoms with van der Waals surface area (Å²) >= 11 is 0. The fourth-order valence-electron chi connectivity index (χ4n) is 14.0. The van der Waals surface area contributed by atoms with Crippen LogP contribution in [0.3, 0.4) is 0 Å². The largest absolute Gasteiger partial charge is 0.493 e. The number of aromatic nitrogens is 3. The number of likely N-dealkylation sites (tertiary alicyclic amines) is 2. The Bertz CT molecular complexity index is 3630. The Morgan fingerprint density at radius 2 is 0.735 bits per heavy atom. The smallest absolute Gasteiger partial charge is 0.175 e. The van der Waals surface area contributed by atoms with Crippen molar-refractivity contribution in [1.82, 2.24) is 45.3 Å². The van der Waals surface area contributed by atoms with E-state index in [0.29, 0.717) is 47.9 Å². The van der Waals surface area contributed by atoms with Crippen molar-refractivity contribution in [3.05, 3.63) is 141 Å². The van der Waals surface area contributed by atoms with Crippen LogP contribution in [-0.4, -0.2) is 141 Å². The van der Waals surface area contributed by atoms with E-state index in [1.165, 1.54) is 69.9 Å². The molecule has 3 saturated carbocycles. The molecular weight excluding hydrogens is 1290 g/mol. The molecule has 3 aromatic heterocycles. The molecule has 6 fully saturated rings. The number of aryl methyl sites for hydroxylation is 3. The first-order valence-corrected chi connectivity index (χ1v) is 35.7. The van der Waals surface area contributed by atoms with Crippen molar-refractivity contribution < 1.29 is 45.3 Å². The van der Waals surface area contributed by atoms with E-state index in [1.54, 1.807) is 24.3 Å². The predicted octanol–water partition coefficient (Wildman–Crippen LogP) is 16.1. The van der Waals surface area contributed by atoms with Crippen LogP contribution in [0.2, 0.25) is 0 Å². The number of piperidine rings is 3. The van der Waals surface area contributed by atoms with E-state index in [9.17, 15) is 17.6 Å². The van der Waals surface area contributed by atoms with Crippen molar-refractivity contribution in [2.75, 3.05) is 101 Å². The summed E-state index contributed by atoms with van der Waals surface area (Å²) in [5, 5.41) is 20.1. The highest BCUT2D eigenvalue weighted by atomic mass is 35.5. The van der Waals surface area contributed by atoms with Gasteiger partial charge in [-0.25, -0.2) is 17.6 Å². The first kappa shape index (κ1) is 74.7. The first-order valence-electron chi connectivity index (χ1n) is 35.7. The molecule has 8 aromatic rings. The van der Waals surface area contributed by atoms with Gasteiger partial charge in [0.1, 0.15) is 17.2 Å². The number of benzene rings is 5. The van der Waals surface area contributed by atoms with E-state index in [2.05, 4.69) is 124 Å². The molecule has 3 aliphatic carbocycles. The number of hydrogen-bond acceptors (Lipinski definition) is 15. The zero-order valence-electron chi connectivity index (χ0n) is 58.4. The van der Waals surface area contributed by atoms with Crippen molar-refractivity contribution >= 4 is 57.7 Å². The average Bonchev–Trinajstić information content (AvgIpc) is 1.82. The monoisotopic (exact) mass is 1400 g/mol. The molecule has 0 bridgehead atoms. The molecule has 0 atom stereocenters. The molecule has 6 aliphatic rings. The normalized spacial score (nSPS) is 17.5. The highest BCUT2D eigenvalue weighted by Gasteiger charge is 2.30. The second-order valence-corrected chi connectivity index (χ2v) is 29.3. The molecule has 3 saturated heterocycles. The van der Waals surface area contributed by atoms with Gasteiger partial charge < -0.3 is 47.8 Å². The fraction of sp³-hybridized carbons (Fsp3) is 0.571. The number of fused-ring (bicyclic) bond motifs is 3. The Kier molecular flexibility index (Phi) is 27.1. The molecule has 15 nitrogen and oxygen atoms in total. The molecule has 534 valence electrons. The third-order valence-electron chi connectivity index (χ3n) is 20.4. The lowest BCUT2D eigenvalue weighted by Crippen LogP contribution is -2.33. The van der Waals surface area contributed by atoms with Gasteiger partial charge >= 0.3 is 0 Å². The molecule has 98 heavy (non-hydrogen) atoms. The van der Waals surface area contributed by atoms with Gasteiger partial charge in [0.15, 0.2) is 40.0 Å². The van der Waals surface area contributed by atoms with Crippen LogP contribution in [0.15, 0.2) is 86.4 Å². The lowest BCUT2D eigenvalue weighted by atomic mass is 9.91. The summed E-state index contributed by atoms with van der Waals surface area (Å²) in [6.45, 7) is 11.5. The lowest BCUT2D eigenvalue weighted by Gasteiger charge is -2.32. The Morgan fingerprint density at radius 1 is 0.418 bits per heavy atom. The Morgan fingerprint density at radius 3 is 1.04 bits per heavy atom. The maximum absolute atomic E-state index is 14.0. The van der Waals surface area contributed by atoms with Crippen LogP contribution in [0.25, 0.3) is 32.9 Å². The average molecular weight is 1400 g/mol. The lowest BCUT2D eigenvalue weighted by molar-refractivity contribution is 0.170. The van der Waals surface area contributed by atoms with Crippen LogP contribution in [0, 0.1) is 58.8 Å². The maximum atomic E-state index is 14.0. The number of nitrogens with zero attached hydrogens (tertiary/aromatic N) is 8. The molecule has 1 N–H and O–H groups in total. The number of halogens is 6. The van der Waals surface area contributed by atoms with Gasteiger partial charge in [-0.3, -0.25) is 9.80 Å². The summed E-state index contributed by atoms with van der Waals surface area (Å²) in [5.41, 5.74) is 9.87. The van der Waals surface area contributed by atoms with Crippen LogP contribution in [-0.2, 0) is 52.0 Å². The minimum absolute atomic E-state index is 0. The summed E-state index contributed by atoms with van der Waals surface area (Å²) in [6, 6.07) is 21.5. The fourth-order valence-corrected chi connectivity index (χ4v) is 14.0. The van der Waals surface area contributed by atoms with E-state index in [0.717, 1.165) is 232 Å². The highest BCUT2D eigenvalue weighted by molar-refractivity contribution is 5.87. The van der Waals surface area contributed by atoms with E-state index < -0.39 is 23.3 Å². The quantitative estimate of drug-likeness (QED) is 0.0466. The SMILES string of the molecule is CN(C)Cc1c(OCC2CC2)ccc2c(CCC3CCN(Cc4cccc(F)c4F)CC3)noc12.CN(C)Cc1c(OCC2CC2)ccc2c(CCC3CCN(Cc4cccc(F)c4F)CC3)noc12.CN(C)Cc1c(OCC2CC2)ccc2c(CCC3CCNCC3)noc12.Cl.Cl. The molecule has 0 spiro atoms. The van der Waals surface area contributed by atoms with E-state index in [-0.39, 0.29) is 24.8 Å². The summed E-state index contributed by atoms with van der Waals surface area (Å²) < 4.78 is 91.0. The van der Waals surface area contributed by atoms with Gasteiger partial charge in [-0.15, -0.1) is 24.8 Å². The van der Waals surface area contributed by atoms with Gasteiger partial charge in [-0.1, -0.05) is 39.7 Å². The van der Waals surface area contributed by atoms with Gasteiger partial charge in [0.05, 0.1) is 53.6 Å². The number of nitrogens with one attached hydrogen (secondary N) is 1. The van der Waals surface area contributed by atoms with Crippen LogP contribution >= 0.6 is 24.8 Å². The predicted molar refractivity (Wildman–Crippen MR) is 383 cm³/mol. The Hall–Kier alpha value is -6.03. The number of hydrogen-bond donors (Lipinski definition) is 1. The van der Waals surface area contributed by atoms with Crippen molar-refractivity contribution in [3.63, 3.8) is 0 Å². The zero-order valence-corrected chi connectivity index (χ0v) is 60.0. The molecule has 5 aromatic carbocycles. The van der Waals surface area contributed by atoms with Gasteiger partial charge in [-0.05, 0) is 281 Å². The Labute approximate surface area is 588 Å². The molecule has 14 rings (SSSR count). The van der Waals surface area contributed by atoms with Gasteiger partial charge in [0.2, 0.25) is 0 Å². The Balaban J connectivity index is 0.000000160. The third kappa shape index (κ3) is 20.4. The van der Waals surface area contributed by atoms with Gasteiger partial charge in [0.25, 0.3) is 0 Å². The standard InChI is InChI=1S/2C28H35F2N3O2.C21H31N3O2.2ClH/c2*1-32(2)17-23-26(34-18-20-6-7-20)11-9-22-25(31-35-28(22)23)10-8-19-12-14-33(15-13-19)16-21-4-3-5-24(29)27(21)30;1-24(2)13-18-20(25-14-16-3-4-16)8-6-17-19(23-26-21(17)18)7-5-15-9-11-22-12-10-15;;/h2*3-5,9,11,19-20H,6-8,10,12-18H2,1-2H3;6,8,15-16,22H,3-5,7,9-14H2,1-2H3;2*1H. The molecule has 6 heterocycles. The number of rotatable bonds is 28. The van der Waals surface area contributed by atoms with E-state index in [1.807, 2.05) is 0 Å². The second-order valence-electron chi connectivity index (χ2n) is 29.3. The van der Waals surface area contributed by atoms with Crippen molar-refractivity contribution in [2.45, 2.75) is 148 Å². The van der Waals surface area contributed by atoms with Crippen molar-refractivity contribution in [1.29, 1.82) is 0 Å². The molecular formula is C77H103Cl2F4N9O6. The van der Waals surface area contributed by atoms with E-state index >= 15 is 0 Å². The van der Waals surface area contributed by atoms with Crippen molar-refractivity contribution in [3.8, 4) is 17.2 Å². The molecule has 21 heteroatoms. The van der Waals surface area contributed by atoms with Crippen molar-refractivity contribution in [2.24, 2.45) is 35.5 Å². The second kappa shape index (κ2) is 35.5. The van der Waals surface area contributed by atoms with Crippen LogP contribution in [0.4, 0.5) is 17.6 Å². The summed E-state index contributed by atoms with van der Waals surface area (Å²) in [6.07, 6.45) is 20.5. The first-order chi connectivity index (χ1) is 46.7. The minimum atomic E-state index is -0.771. The van der Waals surface area contributed by atoms with E-state index in [4.69, 9.17) is 27.8 Å². The molecule has 0 amide bonds. The van der Waals surface area contributed by atoms with Crippen LogP contribution < -0.4 is 19.5 Å². The molecule has 3 aliphatic heterocycles. The summed E-state index contributed by atoms with van der Waals surface area (Å²) in [4.78, 5) is 10.9. The minimum Gasteiger partial charge on any atom is -0.493 e. The third-order valence-corrected chi connectivity index (χ3v) is 20.4. The molecule has 0 radical (unpaired) electrons.